The maximum atomic E-state index is 11.8. The standard InChI is InChI=1S/C13H17N4O3/c14-11(2-1-7-16-13(15)20)12(19)17-10-5-3-9(8-18)4-6-10/h3-6,11H,1-2,7,14H2,(H,17,19)(H3,15,16,20)/t11-/m0/s1. The summed E-state index contributed by atoms with van der Waals surface area (Å²) in [6.45, 7) is 0.375. The van der Waals surface area contributed by atoms with Gasteiger partial charge in [-0.3, -0.25) is 9.59 Å². The van der Waals surface area contributed by atoms with Gasteiger partial charge in [-0.15, -0.1) is 0 Å². The third-order valence-corrected chi connectivity index (χ3v) is 2.60. The van der Waals surface area contributed by atoms with Crippen molar-refractivity contribution in [2.75, 3.05) is 11.9 Å². The van der Waals surface area contributed by atoms with Crippen molar-refractivity contribution in [3.05, 3.63) is 29.8 Å². The van der Waals surface area contributed by atoms with E-state index in [9.17, 15) is 14.4 Å². The van der Waals surface area contributed by atoms with E-state index in [0.717, 1.165) is 0 Å². The van der Waals surface area contributed by atoms with Gasteiger partial charge < -0.3 is 22.1 Å². The Morgan fingerprint density at radius 1 is 1.25 bits per heavy atom. The van der Waals surface area contributed by atoms with Crippen molar-refractivity contribution in [1.29, 1.82) is 0 Å². The number of rotatable bonds is 7. The molecule has 1 rings (SSSR count). The number of urea groups is 1. The normalized spacial score (nSPS) is 11.4. The zero-order valence-corrected chi connectivity index (χ0v) is 10.9. The highest BCUT2D eigenvalue weighted by Gasteiger charge is 2.13. The predicted molar refractivity (Wildman–Crippen MR) is 74.7 cm³/mol. The number of hydrogen-bond acceptors (Lipinski definition) is 4. The lowest BCUT2D eigenvalue weighted by molar-refractivity contribution is -0.117. The molecule has 0 bridgehead atoms. The number of carbonyl (C=O) groups excluding carboxylic acids is 3. The molecule has 1 aromatic carbocycles. The van der Waals surface area contributed by atoms with Gasteiger partial charge in [0.05, 0.1) is 6.04 Å². The molecular formula is C13H17N4O3. The molecule has 0 saturated heterocycles. The van der Waals surface area contributed by atoms with E-state index < -0.39 is 12.1 Å². The molecule has 1 atom stereocenters. The van der Waals surface area contributed by atoms with Gasteiger partial charge in [0.15, 0.2) is 0 Å². The second kappa shape index (κ2) is 7.90. The fourth-order valence-corrected chi connectivity index (χ4v) is 1.52. The third kappa shape index (κ3) is 5.49. The van der Waals surface area contributed by atoms with Crippen LogP contribution in [0.25, 0.3) is 0 Å². The first kappa shape index (κ1) is 15.6. The molecular weight excluding hydrogens is 260 g/mol. The van der Waals surface area contributed by atoms with Gasteiger partial charge in [0.25, 0.3) is 0 Å². The lowest BCUT2D eigenvalue weighted by atomic mass is 10.1. The highest BCUT2D eigenvalue weighted by atomic mass is 16.2. The summed E-state index contributed by atoms with van der Waals surface area (Å²) in [5.41, 5.74) is 11.6. The Morgan fingerprint density at radius 3 is 2.45 bits per heavy atom. The minimum Gasteiger partial charge on any atom is -0.352 e. The number of benzene rings is 1. The van der Waals surface area contributed by atoms with E-state index in [-0.39, 0.29) is 5.91 Å². The molecule has 7 heteroatoms. The van der Waals surface area contributed by atoms with Crippen LogP contribution in [0.3, 0.4) is 0 Å². The Bertz CT molecular complexity index is 473. The van der Waals surface area contributed by atoms with Gasteiger partial charge in [-0.1, -0.05) is 0 Å². The molecule has 6 N–H and O–H groups in total. The number of primary amides is 1. The van der Waals surface area contributed by atoms with Gasteiger partial charge in [-0.2, -0.15) is 0 Å². The second-order valence-corrected chi connectivity index (χ2v) is 4.21. The molecule has 20 heavy (non-hydrogen) atoms. The van der Waals surface area contributed by atoms with Crippen LogP contribution in [0.5, 0.6) is 0 Å². The first-order valence-corrected chi connectivity index (χ1v) is 6.11. The average Bonchev–Trinajstić information content (AvgIpc) is 2.44. The Labute approximate surface area is 116 Å². The molecule has 3 amide bonds. The molecule has 0 unspecified atom stereocenters. The number of hydrogen-bond donors (Lipinski definition) is 4. The van der Waals surface area contributed by atoms with E-state index in [1.165, 1.54) is 0 Å². The van der Waals surface area contributed by atoms with Crippen LogP contribution >= 0.6 is 0 Å². The molecule has 0 saturated carbocycles. The highest BCUT2D eigenvalue weighted by Crippen LogP contribution is 2.09. The largest absolute Gasteiger partial charge is 0.352 e. The van der Waals surface area contributed by atoms with Crippen LogP contribution in [-0.2, 0) is 9.59 Å². The quantitative estimate of drug-likeness (QED) is 0.517. The number of carbonyl (C=O) groups is 2. The highest BCUT2D eigenvalue weighted by molar-refractivity contribution is 5.94. The van der Waals surface area contributed by atoms with E-state index >= 15 is 0 Å². The van der Waals surface area contributed by atoms with Crippen molar-refractivity contribution >= 4 is 23.9 Å². The van der Waals surface area contributed by atoms with Gasteiger partial charge in [-0.25, -0.2) is 4.79 Å². The summed E-state index contributed by atoms with van der Waals surface area (Å²) in [6.07, 6.45) is 2.72. The van der Waals surface area contributed by atoms with Crippen molar-refractivity contribution in [1.82, 2.24) is 5.32 Å². The Balaban J connectivity index is 2.36. The van der Waals surface area contributed by atoms with E-state index in [1.807, 2.05) is 0 Å². The Morgan fingerprint density at radius 2 is 1.90 bits per heavy atom. The molecule has 1 aromatic rings. The van der Waals surface area contributed by atoms with Crippen LogP contribution in [0.1, 0.15) is 18.4 Å². The van der Waals surface area contributed by atoms with Gasteiger partial charge >= 0.3 is 6.03 Å². The van der Waals surface area contributed by atoms with Crippen molar-refractivity contribution in [2.24, 2.45) is 11.5 Å². The summed E-state index contributed by atoms with van der Waals surface area (Å²) in [6, 6.07) is 5.01. The first-order chi connectivity index (χ1) is 9.52. The maximum Gasteiger partial charge on any atom is 0.312 e. The fraction of sp³-hybridized carbons (Fsp3) is 0.308. The van der Waals surface area contributed by atoms with E-state index in [1.54, 1.807) is 30.6 Å². The number of nitrogens with one attached hydrogen (secondary N) is 2. The zero-order valence-electron chi connectivity index (χ0n) is 10.9. The second-order valence-electron chi connectivity index (χ2n) is 4.21. The average molecular weight is 277 g/mol. The van der Waals surface area contributed by atoms with Gasteiger partial charge in [-0.05, 0) is 37.1 Å². The Kier molecular flexibility index (Phi) is 6.18. The topological polar surface area (TPSA) is 127 Å². The van der Waals surface area contributed by atoms with Crippen molar-refractivity contribution in [2.45, 2.75) is 18.9 Å². The smallest absolute Gasteiger partial charge is 0.312 e. The first-order valence-electron chi connectivity index (χ1n) is 6.11. The number of anilines is 1. The molecule has 0 fully saturated rings. The van der Waals surface area contributed by atoms with Crippen molar-refractivity contribution < 1.29 is 14.4 Å². The summed E-state index contributed by atoms with van der Waals surface area (Å²) < 4.78 is 0. The minimum absolute atomic E-state index is 0.327. The molecule has 0 aliphatic rings. The van der Waals surface area contributed by atoms with Crippen molar-refractivity contribution in [3.63, 3.8) is 0 Å². The lowest BCUT2D eigenvalue weighted by Crippen LogP contribution is -2.37. The van der Waals surface area contributed by atoms with Gasteiger partial charge in [0.1, 0.15) is 0 Å². The number of amides is 3. The summed E-state index contributed by atoms with van der Waals surface area (Å²) in [5.74, 6) is -0.327. The predicted octanol–water partition coefficient (Wildman–Crippen LogP) is -0.141. The molecule has 7 nitrogen and oxygen atoms in total. The van der Waals surface area contributed by atoms with Crippen LogP contribution in [0.2, 0.25) is 0 Å². The number of nitrogens with two attached hydrogens (primary N) is 2. The van der Waals surface area contributed by atoms with Gasteiger partial charge in [0, 0.05) is 17.8 Å². The molecule has 0 spiro atoms. The van der Waals surface area contributed by atoms with Crippen LogP contribution in [0.4, 0.5) is 10.5 Å². The van der Waals surface area contributed by atoms with Crippen LogP contribution in [0.15, 0.2) is 24.3 Å². The molecule has 0 aliphatic heterocycles. The van der Waals surface area contributed by atoms with E-state index in [0.29, 0.717) is 30.6 Å². The third-order valence-electron chi connectivity index (χ3n) is 2.60. The molecule has 0 aromatic heterocycles. The SMILES string of the molecule is NC(=O)NCCC[C@H](N)C(=O)Nc1ccc([C]=O)cc1. The summed E-state index contributed by atoms with van der Waals surface area (Å²) in [4.78, 5) is 32.6. The van der Waals surface area contributed by atoms with Crippen molar-refractivity contribution in [3.8, 4) is 0 Å². The molecule has 0 aliphatic carbocycles. The van der Waals surface area contributed by atoms with E-state index in [4.69, 9.17) is 11.5 Å². The summed E-state index contributed by atoms with van der Waals surface area (Å²) in [7, 11) is 0. The monoisotopic (exact) mass is 277 g/mol. The molecule has 1 radical (unpaired) electrons. The fourth-order valence-electron chi connectivity index (χ4n) is 1.52. The lowest BCUT2D eigenvalue weighted by Gasteiger charge is -2.12. The van der Waals surface area contributed by atoms with Gasteiger partial charge in [0.2, 0.25) is 12.2 Å². The van der Waals surface area contributed by atoms with Crippen LogP contribution < -0.4 is 22.1 Å². The van der Waals surface area contributed by atoms with E-state index in [2.05, 4.69) is 10.6 Å². The molecule has 107 valence electrons. The maximum absolute atomic E-state index is 11.8. The summed E-state index contributed by atoms with van der Waals surface area (Å²) >= 11 is 0. The summed E-state index contributed by atoms with van der Waals surface area (Å²) in [5, 5.41) is 5.05. The Hall–Kier alpha value is -2.41. The zero-order chi connectivity index (χ0) is 15.0. The van der Waals surface area contributed by atoms with Crippen LogP contribution in [-0.4, -0.2) is 30.8 Å². The minimum atomic E-state index is -0.679. The van der Waals surface area contributed by atoms with Crippen LogP contribution in [0, 0.1) is 0 Å². The molecule has 0 heterocycles.